The van der Waals surface area contributed by atoms with E-state index in [0.717, 1.165) is 62.0 Å². The summed E-state index contributed by atoms with van der Waals surface area (Å²) in [5.74, 6) is 1.55. The van der Waals surface area contributed by atoms with Crippen molar-refractivity contribution in [2.45, 2.75) is 110 Å². The summed E-state index contributed by atoms with van der Waals surface area (Å²) in [6.45, 7) is 17.5. The predicted molar refractivity (Wildman–Crippen MR) is 145 cm³/mol. The average Bonchev–Trinajstić information content (AvgIpc) is 3.13. The Balaban J connectivity index is 2.19. The molecule has 0 spiro atoms. The number of benzene rings is 1. The molecule has 1 atom stereocenters. The Morgan fingerprint density at radius 2 is 1.62 bits per heavy atom. The number of Topliss-reactive ketones (excluding diaryl/α,β-unsaturated/α-hetero) is 1. The van der Waals surface area contributed by atoms with Crippen molar-refractivity contribution in [3.05, 3.63) is 28.8 Å². The van der Waals surface area contributed by atoms with Crippen LogP contribution in [0.3, 0.4) is 0 Å². The molecule has 0 aromatic heterocycles. The number of amidine groups is 1. The zero-order valence-electron chi connectivity index (χ0n) is 22.5. The molecule has 2 rings (SSSR count). The van der Waals surface area contributed by atoms with Crippen molar-refractivity contribution in [1.82, 2.24) is 4.90 Å². The summed E-state index contributed by atoms with van der Waals surface area (Å²) in [5, 5.41) is 21.6. The van der Waals surface area contributed by atoms with E-state index in [9.17, 15) is 15.0 Å². The van der Waals surface area contributed by atoms with Crippen molar-refractivity contribution in [3.8, 4) is 5.75 Å². The molecule has 34 heavy (non-hydrogen) atoms. The molecule has 0 bridgehead atoms. The van der Waals surface area contributed by atoms with Crippen molar-refractivity contribution in [2.24, 2.45) is 9.94 Å². The highest BCUT2D eigenvalue weighted by Crippen LogP contribution is 2.40. The van der Waals surface area contributed by atoms with Crippen LogP contribution in [0.2, 0.25) is 0 Å². The van der Waals surface area contributed by atoms with Crippen LogP contribution in [0.1, 0.15) is 115 Å². The van der Waals surface area contributed by atoms with E-state index in [4.69, 9.17) is 0 Å². The second-order valence-electron chi connectivity index (χ2n) is 12.0. The molecule has 6 heteroatoms. The van der Waals surface area contributed by atoms with E-state index in [-0.39, 0.29) is 23.2 Å². The molecule has 0 radical (unpaired) electrons. The maximum atomic E-state index is 13.4. The zero-order chi connectivity index (χ0) is 25.9. The molecule has 1 fully saturated rings. The lowest BCUT2D eigenvalue weighted by Gasteiger charge is -2.28. The summed E-state index contributed by atoms with van der Waals surface area (Å²) in [6.07, 6.45) is 5.20. The number of phenolic OH excluding ortho intramolecular Hbond substituents is 1. The van der Waals surface area contributed by atoms with Crippen LogP contribution in [-0.4, -0.2) is 45.4 Å². The Labute approximate surface area is 215 Å². The fourth-order valence-corrected chi connectivity index (χ4v) is 5.37. The standard InChI is InChI=1S/C28H45BrN2O3/c1-9-28(34,10-2)14-11-12-19-13-15-31(25(19)30-29)18-23(32)20-16-21(26(3,4)5)24(33)22(17-20)27(6,7)8/h16-17,19,33-34H,9-15,18H2,1-8H3. The third-order valence-corrected chi connectivity index (χ3v) is 7.78. The van der Waals surface area contributed by atoms with Gasteiger partial charge < -0.3 is 15.1 Å². The zero-order valence-corrected chi connectivity index (χ0v) is 24.0. The quantitative estimate of drug-likeness (QED) is 0.336. The van der Waals surface area contributed by atoms with Gasteiger partial charge in [-0.25, -0.2) is 0 Å². The van der Waals surface area contributed by atoms with Gasteiger partial charge in [-0.05, 0) is 61.5 Å². The highest BCUT2D eigenvalue weighted by Gasteiger charge is 2.33. The van der Waals surface area contributed by atoms with Crippen LogP contribution in [0.4, 0.5) is 0 Å². The van der Waals surface area contributed by atoms with Gasteiger partial charge in [0.15, 0.2) is 5.78 Å². The summed E-state index contributed by atoms with van der Waals surface area (Å²) in [4.78, 5) is 15.5. The molecule has 192 valence electrons. The Hall–Kier alpha value is -1.40. The van der Waals surface area contributed by atoms with Gasteiger partial charge >= 0.3 is 0 Å². The van der Waals surface area contributed by atoms with E-state index < -0.39 is 5.60 Å². The molecule has 5 nitrogen and oxygen atoms in total. The normalized spacial score (nSPS) is 18.7. The monoisotopic (exact) mass is 536 g/mol. The number of aromatic hydroxyl groups is 1. The first-order chi connectivity index (χ1) is 15.7. The number of halogens is 1. The number of nitrogens with zero attached hydrogens (tertiary/aromatic N) is 2. The van der Waals surface area contributed by atoms with Gasteiger partial charge in [0, 0.05) is 29.2 Å². The Morgan fingerprint density at radius 3 is 2.06 bits per heavy atom. The molecular formula is C28H45BrN2O3. The third kappa shape index (κ3) is 6.84. The number of hydrogen-bond donors (Lipinski definition) is 2. The first kappa shape index (κ1) is 28.8. The van der Waals surface area contributed by atoms with Gasteiger partial charge in [-0.3, -0.25) is 4.79 Å². The first-order valence-electron chi connectivity index (χ1n) is 12.7. The van der Waals surface area contributed by atoms with Gasteiger partial charge in [0.05, 0.1) is 28.3 Å². The molecule has 2 N–H and O–H groups in total. The van der Waals surface area contributed by atoms with Crippen LogP contribution < -0.4 is 0 Å². The lowest BCUT2D eigenvalue weighted by atomic mass is 9.78. The average molecular weight is 538 g/mol. The van der Waals surface area contributed by atoms with Crippen molar-refractivity contribution >= 4 is 27.8 Å². The molecule has 1 saturated heterocycles. The SMILES string of the molecule is CCC(O)(CC)CCCC1CCN(CC(=O)c2cc(C(C)(C)C)c(O)c(C(C)(C)C)c2)C1=NBr. The smallest absolute Gasteiger partial charge is 0.182 e. The number of aliphatic hydroxyl groups is 1. The molecule has 0 amide bonds. The number of phenols is 1. The van der Waals surface area contributed by atoms with Crippen LogP contribution in [0.25, 0.3) is 0 Å². The minimum Gasteiger partial charge on any atom is -0.507 e. The third-order valence-electron chi connectivity index (χ3n) is 7.42. The van der Waals surface area contributed by atoms with E-state index >= 15 is 0 Å². The maximum absolute atomic E-state index is 13.4. The van der Waals surface area contributed by atoms with Gasteiger partial charge in [-0.2, -0.15) is 4.02 Å². The maximum Gasteiger partial charge on any atom is 0.182 e. The number of carbonyl (C=O) groups excluding carboxylic acids is 1. The molecule has 0 aliphatic carbocycles. The molecule has 1 unspecified atom stereocenters. The number of likely N-dealkylation sites (tertiary alicyclic amines) is 1. The largest absolute Gasteiger partial charge is 0.507 e. The highest BCUT2D eigenvalue weighted by atomic mass is 79.9. The Morgan fingerprint density at radius 1 is 1.09 bits per heavy atom. The lowest BCUT2D eigenvalue weighted by Crippen LogP contribution is -2.33. The van der Waals surface area contributed by atoms with Crippen molar-refractivity contribution in [1.29, 1.82) is 0 Å². The van der Waals surface area contributed by atoms with Crippen molar-refractivity contribution in [3.63, 3.8) is 0 Å². The second kappa shape index (κ2) is 11.1. The van der Waals surface area contributed by atoms with Gasteiger partial charge in [0.2, 0.25) is 0 Å². The van der Waals surface area contributed by atoms with E-state index in [1.165, 1.54) is 0 Å². The molecule has 0 saturated carbocycles. The van der Waals surface area contributed by atoms with Gasteiger partial charge in [-0.15, -0.1) is 0 Å². The molecule has 1 aromatic carbocycles. The summed E-state index contributed by atoms with van der Waals surface area (Å²) in [6, 6.07) is 3.73. The van der Waals surface area contributed by atoms with E-state index in [1.54, 1.807) is 0 Å². The summed E-state index contributed by atoms with van der Waals surface area (Å²) >= 11 is 3.30. The molecule has 1 aliphatic heterocycles. The lowest BCUT2D eigenvalue weighted by molar-refractivity contribution is 0.0207. The van der Waals surface area contributed by atoms with Gasteiger partial charge in [-0.1, -0.05) is 55.4 Å². The van der Waals surface area contributed by atoms with E-state index in [1.807, 2.05) is 26.0 Å². The number of hydrogen-bond acceptors (Lipinski definition) is 4. The molecule has 1 aliphatic rings. The minimum atomic E-state index is -0.575. The van der Waals surface area contributed by atoms with Crippen LogP contribution in [-0.2, 0) is 10.8 Å². The first-order valence-corrected chi connectivity index (χ1v) is 13.4. The molecule has 1 heterocycles. The van der Waals surface area contributed by atoms with Crippen LogP contribution in [0.15, 0.2) is 16.2 Å². The summed E-state index contributed by atoms with van der Waals surface area (Å²) in [7, 11) is 0. The minimum absolute atomic E-state index is 0.0386. The van der Waals surface area contributed by atoms with E-state index in [0.29, 0.717) is 17.2 Å². The van der Waals surface area contributed by atoms with Gasteiger partial charge in [0.1, 0.15) is 11.6 Å². The predicted octanol–water partition coefficient (Wildman–Crippen LogP) is 6.92. The highest BCUT2D eigenvalue weighted by molar-refractivity contribution is 9.08. The fourth-order valence-electron chi connectivity index (χ4n) is 4.85. The van der Waals surface area contributed by atoms with Crippen LogP contribution in [0, 0.1) is 5.92 Å². The molecular weight excluding hydrogens is 492 g/mol. The van der Waals surface area contributed by atoms with E-state index in [2.05, 4.69) is 66.6 Å². The van der Waals surface area contributed by atoms with Crippen molar-refractivity contribution < 1.29 is 15.0 Å². The number of carbonyl (C=O) groups is 1. The fraction of sp³-hybridized carbons (Fsp3) is 0.714. The Bertz CT molecular complexity index is 857. The van der Waals surface area contributed by atoms with Crippen molar-refractivity contribution in [2.75, 3.05) is 13.1 Å². The van der Waals surface area contributed by atoms with Gasteiger partial charge in [0.25, 0.3) is 0 Å². The number of ketones is 1. The Kier molecular flexibility index (Phi) is 9.42. The summed E-state index contributed by atoms with van der Waals surface area (Å²) in [5.41, 5.74) is 1.11. The van der Waals surface area contributed by atoms with Crippen LogP contribution in [0.5, 0.6) is 5.75 Å². The molecule has 1 aromatic rings. The number of rotatable bonds is 9. The second-order valence-corrected chi connectivity index (χ2v) is 12.4. The topological polar surface area (TPSA) is 73.1 Å². The summed E-state index contributed by atoms with van der Waals surface area (Å²) < 4.78 is 4.38. The van der Waals surface area contributed by atoms with Crippen LogP contribution >= 0.6 is 16.1 Å².